The molecule has 154 valence electrons. The van der Waals surface area contributed by atoms with Crippen LogP contribution in [0.15, 0.2) is 18.2 Å². The molecule has 9 heteroatoms. The molecule has 0 aliphatic carbocycles. The lowest BCUT2D eigenvalue weighted by Crippen LogP contribution is -2.61. The van der Waals surface area contributed by atoms with Gasteiger partial charge in [0.2, 0.25) is 0 Å². The lowest BCUT2D eigenvalue weighted by molar-refractivity contribution is -0.136. The molecule has 2 aliphatic heterocycles. The third-order valence-electron chi connectivity index (χ3n) is 5.30. The normalized spacial score (nSPS) is 19.6. The van der Waals surface area contributed by atoms with Crippen LogP contribution in [0.1, 0.15) is 12.8 Å². The maximum Gasteiger partial charge on any atom is 0.313 e. The van der Waals surface area contributed by atoms with Gasteiger partial charge in [-0.1, -0.05) is 11.6 Å². The minimum atomic E-state index is -0.733. The van der Waals surface area contributed by atoms with Crippen LogP contribution in [0.2, 0.25) is 5.02 Å². The van der Waals surface area contributed by atoms with E-state index in [1.807, 2.05) is 11.8 Å². The fraction of sp³-hybridized carbons (Fsp3) is 0.579. The van der Waals surface area contributed by atoms with Crippen molar-refractivity contribution in [2.75, 3.05) is 56.8 Å². The Hall–Kier alpha value is -1.48. The van der Waals surface area contributed by atoms with Crippen LogP contribution in [0.5, 0.6) is 5.75 Å². The minimum absolute atomic E-state index is 0.112. The van der Waals surface area contributed by atoms with Crippen molar-refractivity contribution in [2.45, 2.75) is 18.4 Å². The Bertz CT molecular complexity index is 706. The molecule has 0 saturated carbocycles. The molecule has 2 heterocycles. The predicted molar refractivity (Wildman–Crippen MR) is 111 cm³/mol. The van der Waals surface area contributed by atoms with Gasteiger partial charge < -0.3 is 20.1 Å². The fourth-order valence-electron chi connectivity index (χ4n) is 3.68. The van der Waals surface area contributed by atoms with Gasteiger partial charge in [-0.2, -0.15) is 11.8 Å². The zero-order valence-corrected chi connectivity index (χ0v) is 17.5. The van der Waals surface area contributed by atoms with Crippen molar-refractivity contribution in [1.82, 2.24) is 10.2 Å². The molecular weight excluding hydrogens is 402 g/mol. The van der Waals surface area contributed by atoms with Crippen LogP contribution in [-0.2, 0) is 14.3 Å². The topological polar surface area (TPSA) is 79.9 Å². The first-order valence-electron chi connectivity index (χ1n) is 9.37. The number of thioether (sulfide) groups is 1. The van der Waals surface area contributed by atoms with Crippen LogP contribution in [0.25, 0.3) is 0 Å². The molecule has 0 radical (unpaired) electrons. The molecule has 28 heavy (non-hydrogen) atoms. The highest BCUT2D eigenvalue weighted by Gasteiger charge is 2.39. The van der Waals surface area contributed by atoms with E-state index in [0.717, 1.165) is 37.4 Å². The maximum absolute atomic E-state index is 12.5. The van der Waals surface area contributed by atoms with Gasteiger partial charge in [-0.05, 0) is 42.5 Å². The molecule has 2 saturated heterocycles. The number of amides is 2. The molecule has 3 rings (SSSR count). The van der Waals surface area contributed by atoms with Crippen LogP contribution >= 0.6 is 23.4 Å². The number of morpholine rings is 1. The second-order valence-electron chi connectivity index (χ2n) is 6.92. The largest absolute Gasteiger partial charge is 0.495 e. The number of hydrogen-bond acceptors (Lipinski definition) is 6. The van der Waals surface area contributed by atoms with Gasteiger partial charge in [0, 0.05) is 30.2 Å². The molecule has 7 nitrogen and oxygen atoms in total. The van der Waals surface area contributed by atoms with Gasteiger partial charge in [0.05, 0.1) is 26.0 Å². The summed E-state index contributed by atoms with van der Waals surface area (Å²) in [7, 11) is 1.49. The smallest absolute Gasteiger partial charge is 0.313 e. The van der Waals surface area contributed by atoms with E-state index < -0.39 is 11.8 Å². The molecule has 0 bridgehead atoms. The van der Waals surface area contributed by atoms with Crippen LogP contribution in [0.4, 0.5) is 5.69 Å². The Morgan fingerprint density at radius 1 is 1.25 bits per heavy atom. The first-order chi connectivity index (χ1) is 13.5. The summed E-state index contributed by atoms with van der Waals surface area (Å²) in [6.45, 7) is 3.57. The van der Waals surface area contributed by atoms with Gasteiger partial charge in [-0.25, -0.2) is 0 Å². The second kappa shape index (κ2) is 9.82. The Labute approximate surface area is 174 Å². The van der Waals surface area contributed by atoms with Crippen molar-refractivity contribution >= 4 is 40.9 Å². The molecule has 2 amide bonds. The number of ether oxygens (including phenoxy) is 2. The number of hydrogen-bond donors (Lipinski definition) is 2. The summed E-state index contributed by atoms with van der Waals surface area (Å²) >= 11 is 7.91. The zero-order chi connectivity index (χ0) is 20.0. The number of benzene rings is 1. The van der Waals surface area contributed by atoms with E-state index in [9.17, 15) is 9.59 Å². The number of halogens is 1. The summed E-state index contributed by atoms with van der Waals surface area (Å²) in [6, 6.07) is 4.85. The summed E-state index contributed by atoms with van der Waals surface area (Å²) in [4.78, 5) is 27.3. The summed E-state index contributed by atoms with van der Waals surface area (Å²) in [5, 5.41) is 5.88. The summed E-state index contributed by atoms with van der Waals surface area (Å²) in [6.07, 6.45) is 1.98. The summed E-state index contributed by atoms with van der Waals surface area (Å²) < 4.78 is 10.7. The third kappa shape index (κ3) is 5.11. The number of carbonyl (C=O) groups excluding carboxylic acids is 2. The average Bonchev–Trinajstić information content (AvgIpc) is 2.73. The zero-order valence-electron chi connectivity index (χ0n) is 16.0. The highest BCUT2D eigenvalue weighted by molar-refractivity contribution is 7.99. The van der Waals surface area contributed by atoms with Gasteiger partial charge in [-0.3, -0.25) is 14.5 Å². The van der Waals surface area contributed by atoms with Gasteiger partial charge >= 0.3 is 11.8 Å². The maximum atomic E-state index is 12.5. The van der Waals surface area contributed by atoms with Crippen molar-refractivity contribution in [2.24, 2.45) is 0 Å². The lowest BCUT2D eigenvalue weighted by atomic mass is 9.89. The molecule has 1 aromatic rings. The highest BCUT2D eigenvalue weighted by atomic mass is 35.5. The highest BCUT2D eigenvalue weighted by Crippen LogP contribution is 2.33. The van der Waals surface area contributed by atoms with Crippen molar-refractivity contribution in [3.05, 3.63) is 23.2 Å². The molecule has 2 aliphatic rings. The van der Waals surface area contributed by atoms with E-state index in [-0.39, 0.29) is 5.54 Å². The number of carbonyl (C=O) groups is 2. The first kappa shape index (κ1) is 21.2. The van der Waals surface area contributed by atoms with Gasteiger partial charge in [0.25, 0.3) is 0 Å². The molecule has 2 fully saturated rings. The molecule has 0 unspecified atom stereocenters. The third-order valence-corrected chi connectivity index (χ3v) is 6.52. The van der Waals surface area contributed by atoms with E-state index in [0.29, 0.717) is 36.2 Å². The number of anilines is 1. The van der Waals surface area contributed by atoms with Crippen molar-refractivity contribution < 1.29 is 19.1 Å². The standard InChI is InChI=1S/C19H26ClN3O4S/c1-26-16-3-2-14(20)12-15(16)22-18(25)17(24)21-13-19(4-10-28-11-5-19)23-6-8-27-9-7-23/h2-3,12H,4-11,13H2,1H3,(H,21,24)(H,22,25). The monoisotopic (exact) mass is 427 g/mol. The van der Waals surface area contributed by atoms with Gasteiger partial charge in [0.15, 0.2) is 0 Å². The summed E-state index contributed by atoms with van der Waals surface area (Å²) in [5.74, 6) is 1.16. The summed E-state index contributed by atoms with van der Waals surface area (Å²) in [5.41, 5.74) is 0.255. The van der Waals surface area contributed by atoms with Crippen molar-refractivity contribution in [3.63, 3.8) is 0 Å². The van der Waals surface area contributed by atoms with E-state index in [1.54, 1.807) is 18.2 Å². The van der Waals surface area contributed by atoms with E-state index in [1.165, 1.54) is 7.11 Å². The Balaban J connectivity index is 1.62. The van der Waals surface area contributed by atoms with Gasteiger partial charge in [0.1, 0.15) is 5.75 Å². The van der Waals surface area contributed by atoms with Crippen molar-refractivity contribution in [3.8, 4) is 5.75 Å². The fourth-order valence-corrected chi connectivity index (χ4v) is 5.10. The molecule has 0 aromatic heterocycles. The first-order valence-corrected chi connectivity index (χ1v) is 10.9. The SMILES string of the molecule is COc1ccc(Cl)cc1NC(=O)C(=O)NCC1(N2CCOCC2)CCSCC1. The minimum Gasteiger partial charge on any atom is -0.495 e. The van der Waals surface area contributed by atoms with Crippen LogP contribution in [0.3, 0.4) is 0 Å². The van der Waals surface area contributed by atoms with E-state index in [2.05, 4.69) is 15.5 Å². The van der Waals surface area contributed by atoms with Crippen LogP contribution < -0.4 is 15.4 Å². The second-order valence-corrected chi connectivity index (χ2v) is 8.58. The number of nitrogens with one attached hydrogen (secondary N) is 2. The number of methoxy groups -OCH3 is 1. The molecule has 0 spiro atoms. The Morgan fingerprint density at radius 3 is 2.64 bits per heavy atom. The lowest BCUT2D eigenvalue weighted by Gasteiger charge is -2.47. The van der Waals surface area contributed by atoms with E-state index in [4.69, 9.17) is 21.1 Å². The molecular formula is C19H26ClN3O4S. The Kier molecular flexibility index (Phi) is 7.45. The average molecular weight is 428 g/mol. The number of nitrogens with zero attached hydrogens (tertiary/aromatic N) is 1. The van der Waals surface area contributed by atoms with E-state index >= 15 is 0 Å². The quantitative estimate of drug-likeness (QED) is 0.700. The molecule has 2 N–H and O–H groups in total. The van der Waals surface area contributed by atoms with Crippen LogP contribution in [0, 0.1) is 0 Å². The Morgan fingerprint density at radius 2 is 1.96 bits per heavy atom. The molecule has 1 aromatic carbocycles. The predicted octanol–water partition coefficient (Wildman–Crippen LogP) is 2.00. The van der Waals surface area contributed by atoms with Crippen molar-refractivity contribution in [1.29, 1.82) is 0 Å². The van der Waals surface area contributed by atoms with Gasteiger partial charge in [-0.15, -0.1) is 0 Å². The number of rotatable bonds is 5. The molecule has 0 atom stereocenters. The van der Waals surface area contributed by atoms with Crippen LogP contribution in [-0.4, -0.2) is 73.7 Å².